The van der Waals surface area contributed by atoms with Gasteiger partial charge in [0.15, 0.2) is 0 Å². The summed E-state index contributed by atoms with van der Waals surface area (Å²) >= 11 is 0. The molecule has 27 heavy (non-hydrogen) atoms. The fraction of sp³-hybridized carbons (Fsp3) is 0.364. The number of hydrogen-bond acceptors (Lipinski definition) is 3. The van der Waals surface area contributed by atoms with Crippen LogP contribution in [0.2, 0.25) is 0 Å². The van der Waals surface area contributed by atoms with E-state index in [-0.39, 0.29) is 18.0 Å². The van der Waals surface area contributed by atoms with Crippen molar-refractivity contribution in [3.63, 3.8) is 0 Å². The highest BCUT2D eigenvalue weighted by Crippen LogP contribution is 2.35. The van der Waals surface area contributed by atoms with Gasteiger partial charge in [0.1, 0.15) is 6.17 Å². The van der Waals surface area contributed by atoms with Gasteiger partial charge < -0.3 is 15.1 Å². The summed E-state index contributed by atoms with van der Waals surface area (Å²) in [7, 11) is 0. The van der Waals surface area contributed by atoms with Crippen LogP contribution in [0, 0.1) is 6.92 Å². The lowest BCUT2D eigenvalue weighted by Crippen LogP contribution is -2.57. The quantitative estimate of drug-likeness (QED) is 0.895. The summed E-state index contributed by atoms with van der Waals surface area (Å²) in [4.78, 5) is 29.9. The molecule has 2 heterocycles. The number of amides is 2. The van der Waals surface area contributed by atoms with Crippen LogP contribution in [0.3, 0.4) is 0 Å². The smallest absolute Gasteiger partial charge is 0.257 e. The molecule has 2 aromatic carbocycles. The van der Waals surface area contributed by atoms with Gasteiger partial charge in [0.2, 0.25) is 0 Å². The first-order valence-electron chi connectivity index (χ1n) is 9.68. The number of benzene rings is 2. The molecular formula is C22H25N3O2. The van der Waals surface area contributed by atoms with Crippen LogP contribution in [0.5, 0.6) is 0 Å². The van der Waals surface area contributed by atoms with Crippen LogP contribution in [-0.2, 0) is 0 Å². The predicted molar refractivity (Wildman–Crippen MR) is 107 cm³/mol. The zero-order chi connectivity index (χ0) is 19.0. The lowest BCUT2D eigenvalue weighted by atomic mass is 9.97. The Morgan fingerprint density at radius 1 is 1.15 bits per heavy atom. The van der Waals surface area contributed by atoms with Gasteiger partial charge in [-0.2, -0.15) is 0 Å². The minimum Gasteiger partial charge on any atom is -0.351 e. The first-order chi connectivity index (χ1) is 13.1. The SMILES string of the molecule is CCN1c2cc(C(=O)Nc3ccc(C)cc3)ccc2C(=O)N2CCCC[C@H]21. The van der Waals surface area contributed by atoms with E-state index in [9.17, 15) is 9.59 Å². The first-order valence-corrected chi connectivity index (χ1v) is 9.68. The number of carbonyl (C=O) groups excluding carboxylic acids is 2. The maximum atomic E-state index is 12.9. The number of anilines is 2. The molecule has 1 N–H and O–H groups in total. The molecule has 0 aromatic heterocycles. The molecule has 0 radical (unpaired) electrons. The van der Waals surface area contributed by atoms with Crippen molar-refractivity contribution in [1.29, 1.82) is 0 Å². The van der Waals surface area contributed by atoms with Gasteiger partial charge in [-0.3, -0.25) is 9.59 Å². The summed E-state index contributed by atoms with van der Waals surface area (Å²) in [5.41, 5.74) is 4.06. The van der Waals surface area contributed by atoms with E-state index >= 15 is 0 Å². The number of hydrogen-bond donors (Lipinski definition) is 1. The molecule has 4 rings (SSSR count). The monoisotopic (exact) mass is 363 g/mol. The van der Waals surface area contributed by atoms with E-state index in [0.29, 0.717) is 11.1 Å². The van der Waals surface area contributed by atoms with Gasteiger partial charge in [0, 0.05) is 24.3 Å². The van der Waals surface area contributed by atoms with Crippen molar-refractivity contribution < 1.29 is 9.59 Å². The molecule has 0 unspecified atom stereocenters. The molecule has 140 valence electrons. The molecule has 5 heteroatoms. The van der Waals surface area contributed by atoms with E-state index in [1.165, 1.54) is 0 Å². The van der Waals surface area contributed by atoms with Gasteiger partial charge in [-0.15, -0.1) is 0 Å². The van der Waals surface area contributed by atoms with Crippen LogP contribution in [-0.4, -0.2) is 36.0 Å². The van der Waals surface area contributed by atoms with Crippen molar-refractivity contribution in [2.45, 2.75) is 39.3 Å². The third-order valence-corrected chi connectivity index (χ3v) is 5.54. The molecular weight excluding hydrogens is 338 g/mol. The number of rotatable bonds is 3. The van der Waals surface area contributed by atoms with E-state index < -0.39 is 0 Å². The summed E-state index contributed by atoms with van der Waals surface area (Å²) in [6, 6.07) is 13.1. The van der Waals surface area contributed by atoms with Crippen molar-refractivity contribution in [3.05, 3.63) is 59.2 Å². The Balaban J connectivity index is 1.65. The van der Waals surface area contributed by atoms with E-state index in [4.69, 9.17) is 0 Å². The van der Waals surface area contributed by atoms with Crippen molar-refractivity contribution in [2.75, 3.05) is 23.3 Å². The zero-order valence-electron chi connectivity index (χ0n) is 15.9. The van der Waals surface area contributed by atoms with Gasteiger partial charge >= 0.3 is 0 Å². The number of nitrogens with one attached hydrogen (secondary N) is 1. The highest BCUT2D eigenvalue weighted by atomic mass is 16.2. The largest absolute Gasteiger partial charge is 0.351 e. The Bertz CT molecular complexity index is 876. The minimum atomic E-state index is -0.156. The molecule has 0 spiro atoms. The van der Waals surface area contributed by atoms with Crippen LogP contribution >= 0.6 is 0 Å². The molecule has 0 saturated carbocycles. The van der Waals surface area contributed by atoms with Crippen molar-refractivity contribution in [3.8, 4) is 0 Å². The summed E-state index contributed by atoms with van der Waals surface area (Å²) in [6.45, 7) is 5.74. The molecule has 1 fully saturated rings. The fourth-order valence-corrected chi connectivity index (χ4v) is 4.10. The Morgan fingerprint density at radius 3 is 2.67 bits per heavy atom. The highest BCUT2D eigenvalue weighted by molar-refractivity contribution is 6.08. The molecule has 0 aliphatic carbocycles. The van der Waals surface area contributed by atoms with Crippen LogP contribution in [0.4, 0.5) is 11.4 Å². The maximum absolute atomic E-state index is 12.9. The lowest BCUT2D eigenvalue weighted by molar-refractivity contribution is 0.0582. The molecule has 1 saturated heterocycles. The minimum absolute atomic E-state index is 0.0879. The highest BCUT2D eigenvalue weighted by Gasteiger charge is 2.38. The average Bonchev–Trinajstić information content (AvgIpc) is 2.70. The van der Waals surface area contributed by atoms with Crippen LogP contribution < -0.4 is 10.2 Å². The maximum Gasteiger partial charge on any atom is 0.257 e. The summed E-state index contributed by atoms with van der Waals surface area (Å²) < 4.78 is 0. The van der Waals surface area contributed by atoms with Crippen molar-refractivity contribution in [1.82, 2.24) is 4.90 Å². The second-order valence-corrected chi connectivity index (χ2v) is 7.31. The topological polar surface area (TPSA) is 52.7 Å². The summed E-state index contributed by atoms with van der Waals surface area (Å²) in [5.74, 6) is -0.0684. The van der Waals surface area contributed by atoms with Gasteiger partial charge in [-0.05, 0) is 63.4 Å². The molecule has 2 aromatic rings. The van der Waals surface area contributed by atoms with Gasteiger partial charge in [-0.25, -0.2) is 0 Å². The number of nitrogens with zero attached hydrogens (tertiary/aromatic N) is 2. The fourth-order valence-electron chi connectivity index (χ4n) is 4.10. The Hall–Kier alpha value is -2.82. The van der Waals surface area contributed by atoms with E-state index in [1.54, 1.807) is 12.1 Å². The van der Waals surface area contributed by atoms with Gasteiger partial charge in [0.05, 0.1) is 11.3 Å². The number of piperidine rings is 1. The van der Waals surface area contributed by atoms with Gasteiger partial charge in [0.25, 0.3) is 11.8 Å². The Kier molecular flexibility index (Phi) is 4.60. The normalized spacial score (nSPS) is 18.7. The number of carbonyl (C=O) groups is 2. The molecule has 2 aliphatic heterocycles. The second kappa shape index (κ2) is 7.06. The van der Waals surface area contributed by atoms with Crippen molar-refractivity contribution >= 4 is 23.2 Å². The Morgan fingerprint density at radius 2 is 1.93 bits per heavy atom. The first kappa shape index (κ1) is 17.6. The van der Waals surface area contributed by atoms with Crippen LogP contribution in [0.1, 0.15) is 52.5 Å². The summed E-state index contributed by atoms with van der Waals surface area (Å²) in [5, 5.41) is 2.94. The zero-order valence-corrected chi connectivity index (χ0v) is 15.9. The van der Waals surface area contributed by atoms with E-state index in [1.807, 2.05) is 42.2 Å². The Labute approximate surface area is 160 Å². The van der Waals surface area contributed by atoms with E-state index in [2.05, 4.69) is 17.1 Å². The standard InChI is InChI=1S/C22H25N3O2/c1-3-24-19-14-16(21(26)23-17-10-7-15(2)8-11-17)9-12-18(19)22(27)25-13-5-4-6-20(24)25/h7-12,14,20H,3-6,13H2,1-2H3,(H,23,26)/t20-/m0/s1. The van der Waals surface area contributed by atoms with Crippen LogP contribution in [0.15, 0.2) is 42.5 Å². The lowest BCUT2D eigenvalue weighted by Gasteiger charge is -2.47. The second-order valence-electron chi connectivity index (χ2n) is 7.31. The third kappa shape index (κ3) is 3.18. The molecule has 5 nitrogen and oxygen atoms in total. The summed E-state index contributed by atoms with van der Waals surface area (Å²) in [6.07, 6.45) is 3.29. The molecule has 2 amide bonds. The predicted octanol–water partition coefficient (Wildman–Crippen LogP) is 4.04. The van der Waals surface area contributed by atoms with Crippen LogP contribution in [0.25, 0.3) is 0 Å². The molecule has 0 bridgehead atoms. The number of aryl methyl sites for hydroxylation is 1. The average molecular weight is 363 g/mol. The van der Waals surface area contributed by atoms with Gasteiger partial charge in [-0.1, -0.05) is 17.7 Å². The number of fused-ring (bicyclic) bond motifs is 2. The van der Waals surface area contributed by atoms with Crippen molar-refractivity contribution in [2.24, 2.45) is 0 Å². The third-order valence-electron chi connectivity index (χ3n) is 5.54. The molecule has 2 aliphatic rings. The molecule has 1 atom stereocenters. The van der Waals surface area contributed by atoms with E-state index in [0.717, 1.165) is 49.3 Å².